The van der Waals surface area contributed by atoms with Crippen molar-refractivity contribution in [3.63, 3.8) is 0 Å². The third kappa shape index (κ3) is 3.11. The lowest BCUT2D eigenvalue weighted by molar-refractivity contribution is -0.161. The fourth-order valence-corrected chi connectivity index (χ4v) is 2.98. The molecule has 1 fully saturated rings. The largest absolute Gasteiger partial charge is 0.467 e. The summed E-state index contributed by atoms with van der Waals surface area (Å²) in [6, 6.07) is 17.2. The van der Waals surface area contributed by atoms with Crippen LogP contribution >= 0.6 is 0 Å². The van der Waals surface area contributed by atoms with Crippen LogP contribution in [0.2, 0.25) is 0 Å². The molecule has 0 amide bonds. The molecule has 1 aliphatic heterocycles. The molecule has 2 aromatic carbocycles. The first kappa shape index (κ1) is 17.8. The Hall–Kier alpha value is -2.99. The summed E-state index contributed by atoms with van der Waals surface area (Å²) >= 11 is 0. The average molecular weight is 354 g/mol. The number of rotatable bonds is 6. The van der Waals surface area contributed by atoms with Crippen molar-refractivity contribution < 1.29 is 28.6 Å². The second-order valence-electron chi connectivity index (χ2n) is 5.91. The lowest BCUT2D eigenvalue weighted by Crippen LogP contribution is -2.39. The fraction of sp³-hybridized carbons (Fsp3) is 0.250. The number of ketones is 1. The minimum atomic E-state index is -1.70. The molecule has 2 aromatic rings. The molecule has 6 heteroatoms. The fourth-order valence-electron chi connectivity index (χ4n) is 2.98. The van der Waals surface area contributed by atoms with E-state index in [-0.39, 0.29) is 5.78 Å². The lowest BCUT2D eigenvalue weighted by atomic mass is 9.89. The van der Waals surface area contributed by atoms with Crippen molar-refractivity contribution in [1.82, 2.24) is 0 Å². The van der Waals surface area contributed by atoms with Gasteiger partial charge in [-0.25, -0.2) is 4.79 Å². The van der Waals surface area contributed by atoms with Crippen LogP contribution in [-0.4, -0.2) is 36.5 Å². The third-order valence-corrected chi connectivity index (χ3v) is 4.22. The smallest absolute Gasteiger partial charge is 0.345 e. The molecule has 0 saturated carbocycles. The van der Waals surface area contributed by atoms with E-state index in [1.165, 1.54) is 14.0 Å². The Bertz CT molecular complexity index is 817. The van der Waals surface area contributed by atoms with E-state index in [0.717, 1.165) is 0 Å². The second kappa shape index (κ2) is 7.09. The highest BCUT2D eigenvalue weighted by Gasteiger charge is 2.73. The minimum Gasteiger partial charge on any atom is -0.467 e. The molecule has 0 radical (unpaired) electrons. The molecule has 0 N–H and O–H groups in total. The number of epoxide rings is 1. The van der Waals surface area contributed by atoms with Crippen LogP contribution in [-0.2, 0) is 23.8 Å². The lowest BCUT2D eigenvalue weighted by Gasteiger charge is -2.23. The number of Topliss-reactive ketones (excluding diaryl/α,β-unsaturated/α-hetero) is 1. The number of ether oxygens (including phenoxy) is 3. The van der Waals surface area contributed by atoms with Gasteiger partial charge >= 0.3 is 11.9 Å². The van der Waals surface area contributed by atoms with E-state index in [9.17, 15) is 14.4 Å². The predicted molar refractivity (Wildman–Crippen MR) is 91.3 cm³/mol. The zero-order valence-electron chi connectivity index (χ0n) is 14.4. The minimum absolute atomic E-state index is 0.371. The highest BCUT2D eigenvalue weighted by atomic mass is 16.7. The van der Waals surface area contributed by atoms with E-state index < -0.39 is 29.7 Å². The van der Waals surface area contributed by atoms with E-state index in [1.807, 2.05) is 0 Å². The monoisotopic (exact) mass is 354 g/mol. The molecule has 0 aliphatic carbocycles. The first-order valence-corrected chi connectivity index (χ1v) is 8.08. The Balaban J connectivity index is 2.01. The van der Waals surface area contributed by atoms with Gasteiger partial charge in [-0.2, -0.15) is 0 Å². The van der Waals surface area contributed by atoms with Crippen molar-refractivity contribution in [3.05, 3.63) is 71.8 Å². The molecule has 0 bridgehead atoms. The summed E-state index contributed by atoms with van der Waals surface area (Å²) in [4.78, 5) is 37.0. The van der Waals surface area contributed by atoms with Crippen molar-refractivity contribution >= 4 is 17.7 Å². The maximum atomic E-state index is 12.8. The summed E-state index contributed by atoms with van der Waals surface area (Å²) in [5.41, 5.74) is -0.760. The molecular weight excluding hydrogens is 336 g/mol. The maximum Gasteiger partial charge on any atom is 0.345 e. The van der Waals surface area contributed by atoms with Gasteiger partial charge in [-0.05, 0) is 5.56 Å². The number of carbonyl (C=O) groups excluding carboxylic acids is 3. The zero-order chi connectivity index (χ0) is 18.7. The predicted octanol–water partition coefficient (Wildman–Crippen LogP) is 2.48. The third-order valence-electron chi connectivity index (χ3n) is 4.22. The van der Waals surface area contributed by atoms with Crippen molar-refractivity contribution in [2.75, 3.05) is 7.11 Å². The molecule has 1 heterocycles. The maximum absolute atomic E-state index is 12.8. The van der Waals surface area contributed by atoms with Gasteiger partial charge < -0.3 is 14.2 Å². The summed E-state index contributed by atoms with van der Waals surface area (Å²) in [6.07, 6.45) is -2.19. The summed E-state index contributed by atoms with van der Waals surface area (Å²) < 4.78 is 15.8. The van der Waals surface area contributed by atoms with Crippen LogP contribution in [0.15, 0.2) is 60.7 Å². The number of benzene rings is 2. The first-order valence-electron chi connectivity index (χ1n) is 8.08. The molecule has 134 valence electrons. The van der Waals surface area contributed by atoms with Crippen LogP contribution in [0.3, 0.4) is 0 Å². The Labute approximate surface area is 150 Å². The van der Waals surface area contributed by atoms with Gasteiger partial charge in [0.15, 0.2) is 18.0 Å². The summed E-state index contributed by atoms with van der Waals surface area (Å²) in [6.45, 7) is 1.23. The first-order chi connectivity index (χ1) is 12.5. The molecule has 0 spiro atoms. The number of esters is 2. The Morgan fingerprint density at radius 2 is 1.58 bits per heavy atom. The van der Waals surface area contributed by atoms with E-state index in [0.29, 0.717) is 11.1 Å². The summed E-state index contributed by atoms with van der Waals surface area (Å²) in [5, 5.41) is 0. The van der Waals surface area contributed by atoms with Crippen LogP contribution in [0, 0.1) is 0 Å². The highest BCUT2D eigenvalue weighted by molar-refractivity contribution is 6.07. The Kier molecular flexibility index (Phi) is 4.86. The normalized spacial score (nSPS) is 22.2. The van der Waals surface area contributed by atoms with Gasteiger partial charge in [0.05, 0.1) is 7.11 Å². The van der Waals surface area contributed by atoms with E-state index in [2.05, 4.69) is 0 Å². The van der Waals surface area contributed by atoms with Gasteiger partial charge in [0.25, 0.3) is 0 Å². The molecule has 1 aliphatic rings. The van der Waals surface area contributed by atoms with Crippen LogP contribution < -0.4 is 0 Å². The Morgan fingerprint density at radius 3 is 2.12 bits per heavy atom. The average Bonchev–Trinajstić information content (AvgIpc) is 3.42. The van der Waals surface area contributed by atoms with Gasteiger partial charge in [-0.1, -0.05) is 60.7 Å². The van der Waals surface area contributed by atoms with Gasteiger partial charge in [0.1, 0.15) is 0 Å². The zero-order valence-corrected chi connectivity index (χ0v) is 14.4. The Morgan fingerprint density at radius 1 is 1.00 bits per heavy atom. The highest BCUT2D eigenvalue weighted by Crippen LogP contribution is 2.50. The van der Waals surface area contributed by atoms with Gasteiger partial charge in [-0.15, -0.1) is 0 Å². The number of methoxy groups -OCH3 is 1. The van der Waals surface area contributed by atoms with Crippen molar-refractivity contribution in [2.24, 2.45) is 0 Å². The van der Waals surface area contributed by atoms with Gasteiger partial charge in [0.2, 0.25) is 5.60 Å². The van der Waals surface area contributed by atoms with Crippen LogP contribution in [0.25, 0.3) is 0 Å². The van der Waals surface area contributed by atoms with Crippen LogP contribution in [0.5, 0.6) is 0 Å². The van der Waals surface area contributed by atoms with Gasteiger partial charge in [0, 0.05) is 12.5 Å². The SMILES string of the molecule is COC(=O)[C@]1([C@H](OC(C)=O)c2ccccc2)O[C@@H]1C(=O)c1ccccc1. The van der Waals surface area contributed by atoms with Crippen LogP contribution in [0.1, 0.15) is 28.9 Å². The van der Waals surface area contributed by atoms with E-state index in [4.69, 9.17) is 14.2 Å². The molecular formula is C20H18O6. The van der Waals surface area contributed by atoms with Crippen molar-refractivity contribution in [3.8, 4) is 0 Å². The number of carbonyl (C=O) groups is 3. The molecule has 0 unspecified atom stereocenters. The summed E-state index contributed by atoms with van der Waals surface area (Å²) in [7, 11) is 1.20. The second-order valence-corrected chi connectivity index (χ2v) is 5.91. The molecule has 26 heavy (non-hydrogen) atoms. The summed E-state index contributed by atoms with van der Waals surface area (Å²) in [5.74, 6) is -1.73. The quantitative estimate of drug-likeness (QED) is 0.450. The topological polar surface area (TPSA) is 82.2 Å². The molecule has 0 aromatic heterocycles. The molecule has 3 atom stereocenters. The van der Waals surface area contributed by atoms with Crippen LogP contribution in [0.4, 0.5) is 0 Å². The van der Waals surface area contributed by atoms with Gasteiger partial charge in [-0.3, -0.25) is 9.59 Å². The molecule has 1 saturated heterocycles. The molecule has 3 rings (SSSR count). The van der Waals surface area contributed by atoms with E-state index in [1.54, 1.807) is 60.7 Å². The number of hydrogen-bond donors (Lipinski definition) is 0. The standard InChI is InChI=1S/C20H18O6/c1-13(21)25-17(15-11-7-4-8-12-15)20(19(23)24-2)18(26-20)16(22)14-9-5-3-6-10-14/h3-12,17-18H,1-2H3/t17-,18-,20-/m1/s1. The number of hydrogen-bond acceptors (Lipinski definition) is 6. The van der Waals surface area contributed by atoms with Crippen molar-refractivity contribution in [1.29, 1.82) is 0 Å². The van der Waals surface area contributed by atoms with E-state index >= 15 is 0 Å². The van der Waals surface area contributed by atoms with Crippen molar-refractivity contribution in [2.45, 2.75) is 24.7 Å². The molecule has 6 nitrogen and oxygen atoms in total.